The molecule has 1 atom stereocenters. The number of nitrogens with one attached hydrogen (secondary N) is 2. The van der Waals surface area contributed by atoms with Crippen LogP contribution in [0.4, 0.5) is 0 Å². The van der Waals surface area contributed by atoms with Crippen LogP contribution in [0.3, 0.4) is 0 Å². The molecule has 0 amide bonds. The van der Waals surface area contributed by atoms with Crippen LogP contribution in [0.15, 0.2) is 15.7 Å². The maximum Gasteiger partial charge on any atom is 0.352 e. The zero-order valence-electron chi connectivity index (χ0n) is 10.5. The predicted octanol–water partition coefficient (Wildman–Crippen LogP) is -2.10. The Morgan fingerprint density at radius 3 is 2.25 bits per heavy atom. The summed E-state index contributed by atoms with van der Waals surface area (Å²) in [4.78, 5) is 44.9. The third-order valence-corrected chi connectivity index (χ3v) is 2.03. The fraction of sp³-hybridized carbons (Fsp3) is 0.400. The number of rotatable bonds is 5. The van der Waals surface area contributed by atoms with E-state index in [0.29, 0.717) is 19.4 Å². The fourth-order valence-electron chi connectivity index (χ4n) is 1.05. The molecular formula is C10H16N4O6. The van der Waals surface area contributed by atoms with E-state index in [0.717, 1.165) is 6.07 Å². The minimum atomic E-state index is -1.34. The third-order valence-electron chi connectivity index (χ3n) is 2.03. The molecular weight excluding hydrogens is 272 g/mol. The lowest BCUT2D eigenvalue weighted by Gasteiger charge is -2.02. The first-order chi connectivity index (χ1) is 9.27. The van der Waals surface area contributed by atoms with Crippen molar-refractivity contribution in [3.8, 4) is 0 Å². The highest BCUT2D eigenvalue weighted by atomic mass is 16.4. The average Bonchev–Trinajstić information content (AvgIpc) is 2.35. The van der Waals surface area contributed by atoms with Gasteiger partial charge in [0.1, 0.15) is 11.7 Å². The van der Waals surface area contributed by atoms with Crippen LogP contribution in [-0.2, 0) is 4.79 Å². The number of H-pyrrole nitrogens is 2. The van der Waals surface area contributed by atoms with Crippen LogP contribution in [0.2, 0.25) is 0 Å². The Balaban J connectivity index is 0.000000370. The van der Waals surface area contributed by atoms with Crippen molar-refractivity contribution in [3.05, 3.63) is 32.6 Å². The van der Waals surface area contributed by atoms with Gasteiger partial charge >= 0.3 is 17.6 Å². The molecule has 10 nitrogen and oxygen atoms in total. The Morgan fingerprint density at radius 2 is 1.85 bits per heavy atom. The number of carboxylic acid groups (broad SMARTS) is 2. The number of hydrogen-bond donors (Lipinski definition) is 6. The van der Waals surface area contributed by atoms with Crippen LogP contribution in [0.1, 0.15) is 23.3 Å². The SMILES string of the molecule is NCCC[C@H](N)C(=O)O.O=C(O)c1cc(=O)[nH]c(=O)[nH]1. The van der Waals surface area contributed by atoms with Crippen LogP contribution < -0.4 is 22.7 Å². The number of nitrogens with two attached hydrogens (primary N) is 2. The molecule has 0 aliphatic rings. The quantitative estimate of drug-likeness (QED) is 0.354. The van der Waals surface area contributed by atoms with Crippen LogP contribution in [0.5, 0.6) is 0 Å². The van der Waals surface area contributed by atoms with Crippen molar-refractivity contribution in [2.24, 2.45) is 11.5 Å². The number of carboxylic acids is 2. The van der Waals surface area contributed by atoms with Gasteiger partial charge in [-0.15, -0.1) is 0 Å². The zero-order valence-corrected chi connectivity index (χ0v) is 10.5. The Morgan fingerprint density at radius 1 is 1.25 bits per heavy atom. The number of aliphatic carboxylic acids is 1. The topological polar surface area (TPSA) is 192 Å². The molecule has 1 rings (SSSR count). The molecule has 112 valence electrons. The van der Waals surface area contributed by atoms with Crippen LogP contribution in [-0.4, -0.2) is 44.7 Å². The lowest BCUT2D eigenvalue weighted by molar-refractivity contribution is -0.138. The Hall–Kier alpha value is -2.46. The minimum absolute atomic E-state index is 0.418. The summed E-state index contributed by atoms with van der Waals surface area (Å²) in [7, 11) is 0. The van der Waals surface area contributed by atoms with Gasteiger partial charge < -0.3 is 26.7 Å². The normalized spacial score (nSPS) is 11.1. The lowest BCUT2D eigenvalue weighted by Crippen LogP contribution is -2.30. The van der Waals surface area contributed by atoms with E-state index >= 15 is 0 Å². The van der Waals surface area contributed by atoms with Gasteiger partial charge in [0.15, 0.2) is 0 Å². The Bertz CT molecular complexity index is 535. The van der Waals surface area contributed by atoms with Crippen molar-refractivity contribution in [2.45, 2.75) is 18.9 Å². The monoisotopic (exact) mass is 288 g/mol. The maximum absolute atomic E-state index is 10.5. The Labute approximate surface area is 112 Å². The van der Waals surface area contributed by atoms with Crippen LogP contribution >= 0.6 is 0 Å². The Kier molecular flexibility index (Phi) is 7.55. The van der Waals surface area contributed by atoms with E-state index in [1.54, 1.807) is 0 Å². The molecule has 1 heterocycles. The van der Waals surface area contributed by atoms with Crippen molar-refractivity contribution >= 4 is 11.9 Å². The second-order valence-corrected chi connectivity index (χ2v) is 3.68. The second-order valence-electron chi connectivity index (χ2n) is 3.68. The van der Waals surface area contributed by atoms with Gasteiger partial charge in [-0.2, -0.15) is 0 Å². The summed E-state index contributed by atoms with van der Waals surface area (Å²) < 4.78 is 0. The molecule has 8 N–H and O–H groups in total. The average molecular weight is 288 g/mol. The van der Waals surface area contributed by atoms with Crippen molar-refractivity contribution in [2.75, 3.05) is 6.54 Å². The molecule has 1 aromatic heterocycles. The highest BCUT2D eigenvalue weighted by molar-refractivity contribution is 5.84. The number of carbonyl (C=O) groups is 2. The fourth-order valence-corrected chi connectivity index (χ4v) is 1.05. The number of aromatic nitrogens is 2. The largest absolute Gasteiger partial charge is 0.480 e. The van der Waals surface area contributed by atoms with E-state index in [1.165, 1.54) is 0 Å². The standard InChI is InChI=1S/C5H4N2O4.C5H12N2O2/c8-3-1-2(4(9)10)6-5(11)7-3;6-3-1-2-4(7)5(8)9/h1H,(H,9,10)(H2,6,7,8,11);4H,1-3,6-7H2,(H,8,9)/t;4-/m.0/s1. The highest BCUT2D eigenvalue weighted by Crippen LogP contribution is 1.91. The van der Waals surface area contributed by atoms with Crippen molar-refractivity contribution in [1.82, 2.24) is 9.97 Å². The van der Waals surface area contributed by atoms with Gasteiger partial charge in [0.2, 0.25) is 0 Å². The van der Waals surface area contributed by atoms with Crippen LogP contribution in [0, 0.1) is 0 Å². The van der Waals surface area contributed by atoms with Crippen molar-refractivity contribution < 1.29 is 19.8 Å². The van der Waals surface area contributed by atoms with Gasteiger partial charge in [-0.3, -0.25) is 14.6 Å². The summed E-state index contributed by atoms with van der Waals surface area (Å²) in [6, 6.07) is 0.0533. The van der Waals surface area contributed by atoms with Gasteiger partial charge in [0, 0.05) is 6.07 Å². The molecule has 0 saturated carbocycles. The third kappa shape index (κ3) is 7.08. The molecule has 0 aliphatic heterocycles. The van der Waals surface area contributed by atoms with Gasteiger partial charge in [0.05, 0.1) is 0 Å². The first-order valence-corrected chi connectivity index (χ1v) is 5.53. The van der Waals surface area contributed by atoms with Crippen molar-refractivity contribution in [1.29, 1.82) is 0 Å². The number of aromatic amines is 2. The summed E-state index contributed by atoms with van der Waals surface area (Å²) >= 11 is 0. The first-order valence-electron chi connectivity index (χ1n) is 5.53. The summed E-state index contributed by atoms with van der Waals surface area (Å²) in [5.41, 5.74) is 8.30. The van der Waals surface area contributed by atoms with Crippen LogP contribution in [0.25, 0.3) is 0 Å². The summed E-state index contributed by atoms with van der Waals surface area (Å²) in [6.45, 7) is 0.501. The van der Waals surface area contributed by atoms with E-state index in [-0.39, 0.29) is 0 Å². The van der Waals surface area contributed by atoms with Gasteiger partial charge in [-0.25, -0.2) is 9.59 Å². The lowest BCUT2D eigenvalue weighted by atomic mass is 10.2. The minimum Gasteiger partial charge on any atom is -0.480 e. The predicted molar refractivity (Wildman–Crippen MR) is 68.5 cm³/mol. The van der Waals surface area contributed by atoms with E-state index < -0.39 is 34.9 Å². The smallest absolute Gasteiger partial charge is 0.352 e. The van der Waals surface area contributed by atoms with Gasteiger partial charge in [0.25, 0.3) is 5.56 Å². The molecule has 0 radical (unpaired) electrons. The van der Waals surface area contributed by atoms with Crippen molar-refractivity contribution in [3.63, 3.8) is 0 Å². The van der Waals surface area contributed by atoms with Gasteiger partial charge in [-0.05, 0) is 19.4 Å². The number of aromatic carboxylic acids is 1. The summed E-state index contributed by atoms with van der Waals surface area (Å²) in [6.07, 6.45) is 1.14. The molecule has 0 bridgehead atoms. The molecule has 0 fully saturated rings. The molecule has 0 spiro atoms. The maximum atomic E-state index is 10.5. The molecule has 10 heteroatoms. The molecule has 0 unspecified atom stereocenters. The first kappa shape index (κ1) is 17.5. The van der Waals surface area contributed by atoms with E-state index in [9.17, 15) is 19.2 Å². The van der Waals surface area contributed by atoms with E-state index in [4.69, 9.17) is 21.7 Å². The molecule has 0 saturated heterocycles. The molecule has 1 aromatic rings. The van der Waals surface area contributed by atoms with E-state index in [1.807, 2.05) is 9.97 Å². The van der Waals surface area contributed by atoms with E-state index in [2.05, 4.69) is 0 Å². The summed E-state index contributed by atoms with van der Waals surface area (Å²) in [5, 5.41) is 16.6. The highest BCUT2D eigenvalue weighted by Gasteiger charge is 2.08. The summed E-state index contributed by atoms with van der Waals surface area (Å²) in [5.74, 6) is -2.29. The molecule has 0 aromatic carbocycles. The second kappa shape index (κ2) is 8.61. The zero-order chi connectivity index (χ0) is 15.7. The number of hydrogen-bond acceptors (Lipinski definition) is 6. The molecule has 0 aliphatic carbocycles. The van der Waals surface area contributed by atoms with Gasteiger partial charge in [-0.1, -0.05) is 0 Å². The molecule has 20 heavy (non-hydrogen) atoms.